The molecule has 0 saturated heterocycles. The van der Waals surface area contributed by atoms with Crippen LogP contribution in [-0.2, 0) is 0 Å². The summed E-state index contributed by atoms with van der Waals surface area (Å²) in [6.45, 7) is 3.84. The van der Waals surface area contributed by atoms with Crippen LogP contribution in [0.15, 0.2) is 6.07 Å². The molecule has 1 unspecified atom stereocenters. The van der Waals surface area contributed by atoms with Crippen molar-refractivity contribution in [2.45, 2.75) is 32.7 Å². The molecule has 0 radical (unpaired) electrons. The average Bonchev–Trinajstić information content (AvgIpc) is 2.99. The first-order chi connectivity index (χ1) is 7.56. The number of anilines is 1. The van der Waals surface area contributed by atoms with E-state index in [0.29, 0.717) is 23.6 Å². The Morgan fingerprint density at radius 3 is 2.81 bits per heavy atom. The van der Waals surface area contributed by atoms with E-state index in [4.69, 9.17) is 5.11 Å². The van der Waals surface area contributed by atoms with Gasteiger partial charge >= 0.3 is 5.97 Å². The van der Waals surface area contributed by atoms with E-state index in [1.807, 2.05) is 0 Å². The normalized spacial score (nSPS) is 16.9. The Kier molecular flexibility index (Phi) is 2.77. The Balaban J connectivity index is 2.16. The van der Waals surface area contributed by atoms with Gasteiger partial charge in [0.05, 0.1) is 0 Å². The monoisotopic (exact) mass is 221 g/mol. The number of hydrogen-bond donors (Lipinski definition) is 2. The first-order valence-corrected chi connectivity index (χ1v) is 5.42. The van der Waals surface area contributed by atoms with Crippen LogP contribution in [0.5, 0.6) is 0 Å². The number of carboxylic acids is 1. The Bertz CT molecular complexity index is 416. The van der Waals surface area contributed by atoms with Crippen LogP contribution in [0.1, 0.15) is 35.9 Å². The molecule has 1 saturated carbocycles. The van der Waals surface area contributed by atoms with Gasteiger partial charge in [-0.1, -0.05) is 0 Å². The molecule has 16 heavy (non-hydrogen) atoms. The van der Waals surface area contributed by atoms with Crippen LogP contribution >= 0.6 is 0 Å². The number of carbonyl (C=O) groups is 1. The summed E-state index contributed by atoms with van der Waals surface area (Å²) in [6.07, 6.45) is 2.46. The lowest BCUT2D eigenvalue weighted by Crippen LogP contribution is -2.20. The number of carboxylic acid groups (broad SMARTS) is 1. The molecule has 0 aliphatic heterocycles. The van der Waals surface area contributed by atoms with E-state index >= 15 is 0 Å². The lowest BCUT2D eigenvalue weighted by Gasteiger charge is -2.13. The number of nitrogens with one attached hydrogen (secondary N) is 1. The van der Waals surface area contributed by atoms with Crippen LogP contribution in [0.25, 0.3) is 0 Å². The fourth-order valence-corrected chi connectivity index (χ4v) is 1.66. The van der Waals surface area contributed by atoms with Crippen molar-refractivity contribution in [1.29, 1.82) is 0 Å². The predicted octanol–water partition coefficient (Wildman–Crippen LogP) is 1.69. The molecule has 0 spiro atoms. The molecule has 5 nitrogen and oxygen atoms in total. The number of nitrogens with zero attached hydrogens (tertiary/aromatic N) is 2. The van der Waals surface area contributed by atoms with Crippen LogP contribution in [-0.4, -0.2) is 27.1 Å². The topological polar surface area (TPSA) is 75.1 Å². The maximum atomic E-state index is 10.8. The van der Waals surface area contributed by atoms with Gasteiger partial charge in [-0.25, -0.2) is 14.8 Å². The highest BCUT2D eigenvalue weighted by Gasteiger charge is 2.28. The minimum Gasteiger partial charge on any atom is -0.477 e. The number of hydrogen-bond acceptors (Lipinski definition) is 4. The fourth-order valence-electron chi connectivity index (χ4n) is 1.66. The minimum absolute atomic E-state index is 0.0398. The van der Waals surface area contributed by atoms with Crippen molar-refractivity contribution in [3.63, 3.8) is 0 Å². The molecule has 1 aromatic rings. The van der Waals surface area contributed by atoms with Crippen molar-refractivity contribution < 1.29 is 9.90 Å². The van der Waals surface area contributed by atoms with Crippen molar-refractivity contribution in [2.75, 3.05) is 5.32 Å². The largest absolute Gasteiger partial charge is 0.477 e. The number of aromatic nitrogens is 2. The predicted molar refractivity (Wildman–Crippen MR) is 59.5 cm³/mol. The molecular formula is C11H15N3O2. The summed E-state index contributed by atoms with van der Waals surface area (Å²) in [5.74, 6) is 0.0711. The van der Waals surface area contributed by atoms with E-state index in [1.54, 1.807) is 6.92 Å². The van der Waals surface area contributed by atoms with Gasteiger partial charge in [-0.05, 0) is 38.7 Å². The van der Waals surface area contributed by atoms with E-state index in [-0.39, 0.29) is 5.69 Å². The molecule has 1 aliphatic rings. The first kappa shape index (κ1) is 10.9. The molecule has 1 fully saturated rings. The lowest BCUT2D eigenvalue weighted by molar-refractivity contribution is 0.0690. The summed E-state index contributed by atoms with van der Waals surface area (Å²) >= 11 is 0. The highest BCUT2D eigenvalue weighted by Crippen LogP contribution is 2.33. The van der Waals surface area contributed by atoms with E-state index in [2.05, 4.69) is 22.2 Å². The lowest BCUT2D eigenvalue weighted by atomic mass is 10.2. The van der Waals surface area contributed by atoms with Crippen molar-refractivity contribution in [3.05, 3.63) is 17.5 Å². The Morgan fingerprint density at radius 2 is 2.25 bits per heavy atom. The molecule has 0 bridgehead atoms. The van der Waals surface area contributed by atoms with Gasteiger partial charge in [-0.15, -0.1) is 0 Å². The minimum atomic E-state index is -1.02. The molecule has 1 aliphatic carbocycles. The smallest absolute Gasteiger partial charge is 0.354 e. The fraction of sp³-hybridized carbons (Fsp3) is 0.545. The number of aromatic carboxylic acids is 1. The number of rotatable bonds is 4. The molecule has 2 rings (SSSR count). The van der Waals surface area contributed by atoms with Crippen LogP contribution in [0.2, 0.25) is 0 Å². The summed E-state index contributed by atoms with van der Waals surface area (Å²) in [7, 11) is 0. The second-order valence-corrected chi connectivity index (χ2v) is 4.29. The maximum absolute atomic E-state index is 10.8. The highest BCUT2D eigenvalue weighted by molar-refractivity contribution is 5.85. The van der Waals surface area contributed by atoms with Gasteiger partial charge in [0.2, 0.25) is 5.95 Å². The summed E-state index contributed by atoms with van der Waals surface area (Å²) < 4.78 is 0. The summed E-state index contributed by atoms with van der Waals surface area (Å²) in [6, 6.07) is 1.78. The third-order valence-electron chi connectivity index (χ3n) is 2.76. The molecule has 1 aromatic heterocycles. The first-order valence-electron chi connectivity index (χ1n) is 5.42. The SMILES string of the molecule is Cc1cc(C(=O)O)nc(NC(C)C2CC2)n1. The Hall–Kier alpha value is -1.65. The molecule has 2 N–H and O–H groups in total. The standard InChI is InChI=1S/C11H15N3O2/c1-6-5-9(10(15)16)14-11(12-6)13-7(2)8-3-4-8/h5,7-8H,3-4H2,1-2H3,(H,15,16)(H,12,13,14). The third-order valence-corrected chi connectivity index (χ3v) is 2.76. The maximum Gasteiger partial charge on any atom is 0.354 e. The third kappa shape index (κ3) is 2.48. The zero-order chi connectivity index (χ0) is 11.7. The van der Waals surface area contributed by atoms with Crippen molar-refractivity contribution >= 4 is 11.9 Å². The summed E-state index contributed by atoms with van der Waals surface area (Å²) in [4.78, 5) is 19.0. The summed E-state index contributed by atoms with van der Waals surface area (Å²) in [5, 5.41) is 12.0. The quantitative estimate of drug-likeness (QED) is 0.809. The Morgan fingerprint density at radius 1 is 1.56 bits per heavy atom. The van der Waals surface area contributed by atoms with Crippen LogP contribution < -0.4 is 5.32 Å². The molecule has 0 amide bonds. The highest BCUT2D eigenvalue weighted by atomic mass is 16.4. The van der Waals surface area contributed by atoms with Gasteiger partial charge in [0.15, 0.2) is 5.69 Å². The van der Waals surface area contributed by atoms with Crippen LogP contribution in [0, 0.1) is 12.8 Å². The van der Waals surface area contributed by atoms with Gasteiger partial charge in [0.25, 0.3) is 0 Å². The van der Waals surface area contributed by atoms with Gasteiger partial charge < -0.3 is 10.4 Å². The van der Waals surface area contributed by atoms with Gasteiger partial charge in [-0.2, -0.15) is 0 Å². The molecule has 1 atom stereocenters. The second-order valence-electron chi connectivity index (χ2n) is 4.29. The molecular weight excluding hydrogens is 206 g/mol. The Labute approximate surface area is 93.9 Å². The second kappa shape index (κ2) is 4.08. The van der Waals surface area contributed by atoms with Crippen LogP contribution in [0.4, 0.5) is 5.95 Å². The van der Waals surface area contributed by atoms with E-state index in [0.717, 1.165) is 0 Å². The molecule has 0 aromatic carbocycles. The van der Waals surface area contributed by atoms with Crippen molar-refractivity contribution in [1.82, 2.24) is 9.97 Å². The molecule has 5 heteroatoms. The molecule has 86 valence electrons. The summed E-state index contributed by atoms with van der Waals surface area (Å²) in [5.41, 5.74) is 0.705. The zero-order valence-electron chi connectivity index (χ0n) is 9.40. The number of aryl methyl sites for hydroxylation is 1. The molecule has 1 heterocycles. The average molecular weight is 221 g/mol. The van der Waals surface area contributed by atoms with E-state index < -0.39 is 5.97 Å². The van der Waals surface area contributed by atoms with E-state index in [9.17, 15) is 4.79 Å². The van der Waals surface area contributed by atoms with Gasteiger partial charge in [0.1, 0.15) is 0 Å². The van der Waals surface area contributed by atoms with Crippen molar-refractivity contribution in [2.24, 2.45) is 5.92 Å². The zero-order valence-corrected chi connectivity index (χ0v) is 9.40. The van der Waals surface area contributed by atoms with E-state index in [1.165, 1.54) is 18.9 Å². The van der Waals surface area contributed by atoms with Gasteiger partial charge in [0, 0.05) is 11.7 Å². The van der Waals surface area contributed by atoms with Crippen LogP contribution in [0.3, 0.4) is 0 Å². The van der Waals surface area contributed by atoms with Crippen molar-refractivity contribution in [3.8, 4) is 0 Å². The van der Waals surface area contributed by atoms with Gasteiger partial charge in [-0.3, -0.25) is 0 Å².